The normalized spacial score (nSPS) is 27.6. The SMILES string of the molecule is CC/C=C\C/C=C\C/C=C\C/C=C\C/C=C\C/C=C\CCC(=O)NC(COC1OC(CO)C(OC2OC(CO)C(OC3OC(CO)C(O)C(O)C3O)C(O)C2O)C(O)C1O)C(O)CCCCCCCCCCCCCCCCCCCCCCCCCCCCCCCCC. The van der Waals surface area contributed by atoms with Crippen molar-refractivity contribution in [3.63, 3.8) is 0 Å². The van der Waals surface area contributed by atoms with Gasteiger partial charge in [0.05, 0.1) is 38.6 Å². The predicted octanol–water partition coefficient (Wildman–Crippen LogP) is 11.3. The van der Waals surface area contributed by atoms with Crippen molar-refractivity contribution in [1.29, 1.82) is 0 Å². The van der Waals surface area contributed by atoms with Crippen molar-refractivity contribution in [3.05, 3.63) is 72.9 Å². The van der Waals surface area contributed by atoms with Gasteiger partial charge in [-0.1, -0.05) is 286 Å². The van der Waals surface area contributed by atoms with Crippen LogP contribution in [0, 0.1) is 0 Å². The lowest BCUT2D eigenvalue weighted by molar-refractivity contribution is -0.379. The smallest absolute Gasteiger partial charge is 0.220 e. The third kappa shape index (κ3) is 38.0. The molecule has 12 N–H and O–H groups in total. The second kappa shape index (κ2) is 56.9. The third-order valence-electron chi connectivity index (χ3n) is 18.6. The van der Waals surface area contributed by atoms with Gasteiger partial charge in [0.2, 0.25) is 5.91 Å². The lowest BCUT2D eigenvalue weighted by Gasteiger charge is -2.48. The minimum atomic E-state index is -1.98. The molecule has 0 saturated carbocycles. The Morgan fingerprint density at radius 2 is 0.705 bits per heavy atom. The van der Waals surface area contributed by atoms with Gasteiger partial charge in [-0.15, -0.1) is 0 Å². The van der Waals surface area contributed by atoms with Crippen molar-refractivity contribution < 1.29 is 89.4 Å². The Hall–Kier alpha value is -2.77. The Morgan fingerprint density at radius 3 is 1.07 bits per heavy atom. The first-order valence-corrected chi connectivity index (χ1v) is 37.7. The summed E-state index contributed by atoms with van der Waals surface area (Å²) in [7, 11) is 0. The molecule has 552 valence electrons. The van der Waals surface area contributed by atoms with Crippen LogP contribution in [0.2, 0.25) is 0 Å². The van der Waals surface area contributed by atoms with E-state index in [0.717, 1.165) is 51.4 Å². The molecule has 0 radical (unpaired) electrons. The number of nitrogens with one attached hydrogen (secondary N) is 1. The van der Waals surface area contributed by atoms with E-state index in [0.29, 0.717) is 25.7 Å². The maximum absolute atomic E-state index is 13.4. The van der Waals surface area contributed by atoms with Gasteiger partial charge < -0.3 is 89.9 Å². The Bertz CT molecular complexity index is 2000. The van der Waals surface area contributed by atoms with E-state index in [1.807, 2.05) is 12.2 Å². The lowest BCUT2D eigenvalue weighted by Crippen LogP contribution is -2.66. The molecule has 0 aromatic heterocycles. The van der Waals surface area contributed by atoms with Gasteiger partial charge >= 0.3 is 0 Å². The number of unbranched alkanes of at least 4 members (excludes halogenated alkanes) is 30. The Kier molecular flexibility index (Phi) is 51.8. The topological polar surface area (TPSA) is 307 Å². The summed E-state index contributed by atoms with van der Waals surface area (Å²) in [5.74, 6) is -0.324. The van der Waals surface area contributed by atoms with Crippen LogP contribution in [-0.4, -0.2) is 193 Å². The van der Waals surface area contributed by atoms with Crippen LogP contribution < -0.4 is 5.32 Å². The van der Waals surface area contributed by atoms with E-state index in [1.165, 1.54) is 173 Å². The van der Waals surface area contributed by atoms with Crippen molar-refractivity contribution in [2.45, 2.75) is 375 Å². The second-order valence-corrected chi connectivity index (χ2v) is 26.7. The summed E-state index contributed by atoms with van der Waals surface area (Å²) >= 11 is 0. The highest BCUT2D eigenvalue weighted by molar-refractivity contribution is 5.76. The number of hydrogen-bond donors (Lipinski definition) is 12. The van der Waals surface area contributed by atoms with E-state index in [1.54, 1.807) is 0 Å². The summed E-state index contributed by atoms with van der Waals surface area (Å²) in [4.78, 5) is 13.4. The van der Waals surface area contributed by atoms with Gasteiger partial charge in [0, 0.05) is 6.42 Å². The van der Waals surface area contributed by atoms with E-state index >= 15 is 0 Å². The number of amides is 1. The zero-order valence-electron chi connectivity index (χ0n) is 58.6. The molecule has 3 fully saturated rings. The Morgan fingerprint density at radius 1 is 0.389 bits per heavy atom. The minimum Gasteiger partial charge on any atom is -0.394 e. The molecule has 0 aliphatic carbocycles. The summed E-state index contributed by atoms with van der Waals surface area (Å²) in [6.45, 7) is 1.65. The maximum Gasteiger partial charge on any atom is 0.220 e. The number of aliphatic hydroxyl groups excluding tert-OH is 11. The summed E-state index contributed by atoms with van der Waals surface area (Å²) in [6, 6.07) is -0.934. The Labute approximate surface area is 572 Å². The Balaban J connectivity index is 1.39. The first-order chi connectivity index (χ1) is 46.3. The zero-order valence-corrected chi connectivity index (χ0v) is 58.6. The summed E-state index contributed by atoms with van der Waals surface area (Å²) < 4.78 is 34.4. The molecule has 19 heteroatoms. The lowest BCUT2D eigenvalue weighted by atomic mass is 9.96. The highest BCUT2D eigenvalue weighted by Crippen LogP contribution is 2.33. The van der Waals surface area contributed by atoms with Crippen molar-refractivity contribution in [2.75, 3.05) is 26.4 Å². The van der Waals surface area contributed by atoms with Gasteiger partial charge in [0.1, 0.15) is 73.2 Å². The van der Waals surface area contributed by atoms with Crippen LogP contribution in [0.1, 0.15) is 271 Å². The molecule has 3 heterocycles. The summed E-state index contributed by atoms with van der Waals surface area (Å²) in [5.41, 5.74) is 0. The van der Waals surface area contributed by atoms with Gasteiger partial charge in [-0.2, -0.15) is 0 Å². The number of hydrogen-bond acceptors (Lipinski definition) is 18. The molecule has 19 nitrogen and oxygen atoms in total. The fraction of sp³-hybridized carbons (Fsp3) is 0.829. The first-order valence-electron chi connectivity index (χ1n) is 37.7. The van der Waals surface area contributed by atoms with E-state index in [-0.39, 0.29) is 18.9 Å². The molecule has 0 aromatic carbocycles. The van der Waals surface area contributed by atoms with E-state index < -0.39 is 124 Å². The van der Waals surface area contributed by atoms with Crippen LogP contribution in [0.3, 0.4) is 0 Å². The molecule has 17 atom stereocenters. The van der Waals surface area contributed by atoms with Crippen LogP contribution in [0.4, 0.5) is 0 Å². The number of aliphatic hydroxyl groups is 11. The van der Waals surface area contributed by atoms with E-state index in [4.69, 9.17) is 28.4 Å². The fourth-order valence-corrected chi connectivity index (χ4v) is 12.5. The average Bonchev–Trinajstić information content (AvgIpc) is 0.787. The quantitative estimate of drug-likeness (QED) is 0.0199. The zero-order chi connectivity index (χ0) is 68.9. The van der Waals surface area contributed by atoms with Gasteiger partial charge in [-0.3, -0.25) is 4.79 Å². The monoisotopic (exact) mass is 1350 g/mol. The highest BCUT2D eigenvalue weighted by Gasteiger charge is 2.53. The molecule has 0 aromatic rings. The van der Waals surface area contributed by atoms with Gasteiger partial charge in [0.25, 0.3) is 0 Å². The summed E-state index contributed by atoms with van der Waals surface area (Å²) in [6.07, 6.45) is 45.9. The van der Waals surface area contributed by atoms with Gasteiger partial charge in [-0.05, 0) is 51.4 Å². The molecular formula is C76H135NO18. The average molecular weight is 1350 g/mol. The van der Waals surface area contributed by atoms with E-state index in [2.05, 4.69) is 79.9 Å². The predicted molar refractivity (Wildman–Crippen MR) is 374 cm³/mol. The highest BCUT2D eigenvalue weighted by atomic mass is 16.8. The molecule has 95 heavy (non-hydrogen) atoms. The first kappa shape index (κ1) is 86.5. The number of carbonyl (C=O) groups is 1. The summed E-state index contributed by atoms with van der Waals surface area (Å²) in [5, 5.41) is 121. The van der Waals surface area contributed by atoms with Crippen molar-refractivity contribution in [1.82, 2.24) is 5.32 Å². The van der Waals surface area contributed by atoms with Crippen LogP contribution in [0.5, 0.6) is 0 Å². The number of carbonyl (C=O) groups excluding carboxylic acids is 1. The van der Waals surface area contributed by atoms with Gasteiger partial charge in [-0.25, -0.2) is 0 Å². The minimum absolute atomic E-state index is 0.138. The number of rotatable bonds is 58. The van der Waals surface area contributed by atoms with Crippen molar-refractivity contribution in [2.24, 2.45) is 0 Å². The number of ether oxygens (including phenoxy) is 6. The molecule has 1 amide bonds. The third-order valence-corrected chi connectivity index (χ3v) is 18.6. The number of allylic oxidation sites excluding steroid dienone is 12. The fourth-order valence-electron chi connectivity index (χ4n) is 12.5. The molecule has 0 bridgehead atoms. The molecule has 3 rings (SSSR count). The van der Waals surface area contributed by atoms with Crippen LogP contribution in [0.15, 0.2) is 72.9 Å². The maximum atomic E-state index is 13.4. The van der Waals surface area contributed by atoms with Crippen LogP contribution in [-0.2, 0) is 33.2 Å². The molecule has 17 unspecified atom stereocenters. The molecule has 3 aliphatic heterocycles. The van der Waals surface area contributed by atoms with Crippen LogP contribution >= 0.6 is 0 Å². The van der Waals surface area contributed by atoms with Crippen LogP contribution in [0.25, 0.3) is 0 Å². The largest absolute Gasteiger partial charge is 0.394 e. The van der Waals surface area contributed by atoms with Crippen molar-refractivity contribution in [3.8, 4) is 0 Å². The standard InChI is InChI=1S/C76H135NO18/c1-3-5-7-9-11-13-15-17-19-21-23-24-25-26-27-28-29-30-31-32-33-34-36-37-39-41-43-45-47-49-51-53-60(81)59(77-64(82)54-52-50-48-46-44-42-40-38-35-22-20-18-16-14-12-10-8-6-4-2)58-90-74-70(88)67(85)72(62(56-79)92-74)95-76-71(89)68(86)73(63(57-80)93-76)94-75-69(87)66(84)65(83)61(55-78)91-75/h6,8,12,14,18,20,35,38,42,44,48,50,59-63,65-76,78-81,83-89H,3-5,7,9-11,13,15-17,19,21-34,36-37,39-41,43,45-47,49,51-58H2,1-2H3,(H,77,82)/b8-6-,14-12-,20-18-,38-35-,44-42-,50-48-. The molecule has 3 aliphatic rings. The molecule has 0 spiro atoms. The second-order valence-electron chi connectivity index (χ2n) is 26.7. The van der Waals surface area contributed by atoms with Crippen molar-refractivity contribution >= 4 is 5.91 Å². The molecule has 3 saturated heterocycles. The molecular weight excluding hydrogens is 1210 g/mol. The van der Waals surface area contributed by atoms with E-state index in [9.17, 15) is 61.0 Å². The van der Waals surface area contributed by atoms with Gasteiger partial charge in [0.15, 0.2) is 18.9 Å².